The molecule has 0 radical (unpaired) electrons. The second-order valence-corrected chi connectivity index (χ2v) is 7.45. The molecule has 0 saturated heterocycles. The fraction of sp³-hybridized carbons (Fsp3) is 0.0769. The predicted molar refractivity (Wildman–Crippen MR) is 119 cm³/mol. The number of furan rings is 1. The SMILES string of the molecule is Cc1cc2oc(=O)cc(-c3cc4ccccc4o3)c2cc1OC(=O)c1ccccc1C. The summed E-state index contributed by atoms with van der Waals surface area (Å²) in [6, 6.07) is 21.6. The van der Waals surface area contributed by atoms with Crippen LogP contribution in [-0.4, -0.2) is 5.97 Å². The molecule has 2 aromatic heterocycles. The highest BCUT2D eigenvalue weighted by Gasteiger charge is 2.17. The van der Waals surface area contributed by atoms with Crippen LogP contribution in [0.25, 0.3) is 33.3 Å². The van der Waals surface area contributed by atoms with Crippen LogP contribution in [0.3, 0.4) is 0 Å². The molecule has 0 aliphatic carbocycles. The Morgan fingerprint density at radius 1 is 0.806 bits per heavy atom. The summed E-state index contributed by atoms with van der Waals surface area (Å²) in [6.45, 7) is 3.66. The molecule has 5 aromatic rings. The van der Waals surface area contributed by atoms with Gasteiger partial charge in [0.1, 0.15) is 22.7 Å². The Bertz CT molecular complexity index is 1490. The first kappa shape index (κ1) is 18.9. The molecule has 0 aliphatic heterocycles. The molecule has 5 heteroatoms. The van der Waals surface area contributed by atoms with Crippen molar-refractivity contribution in [3.8, 4) is 17.1 Å². The maximum atomic E-state index is 12.7. The van der Waals surface area contributed by atoms with E-state index < -0.39 is 11.6 Å². The zero-order valence-corrected chi connectivity index (χ0v) is 17.0. The first-order valence-corrected chi connectivity index (χ1v) is 9.85. The molecule has 152 valence electrons. The molecule has 0 bridgehead atoms. The van der Waals surface area contributed by atoms with Crippen LogP contribution in [0.4, 0.5) is 0 Å². The van der Waals surface area contributed by atoms with Gasteiger partial charge in [-0.05, 0) is 55.3 Å². The minimum Gasteiger partial charge on any atom is -0.456 e. The molecule has 0 saturated carbocycles. The van der Waals surface area contributed by atoms with E-state index in [1.165, 1.54) is 6.07 Å². The van der Waals surface area contributed by atoms with Crippen LogP contribution >= 0.6 is 0 Å². The van der Waals surface area contributed by atoms with Gasteiger partial charge in [0.25, 0.3) is 0 Å². The van der Waals surface area contributed by atoms with Gasteiger partial charge in [-0.1, -0.05) is 36.4 Å². The summed E-state index contributed by atoms with van der Waals surface area (Å²) >= 11 is 0. The Morgan fingerprint density at radius 2 is 1.58 bits per heavy atom. The van der Waals surface area contributed by atoms with Crippen molar-refractivity contribution in [2.75, 3.05) is 0 Å². The van der Waals surface area contributed by atoms with Gasteiger partial charge in [0.15, 0.2) is 0 Å². The van der Waals surface area contributed by atoms with Crippen molar-refractivity contribution in [1.82, 2.24) is 0 Å². The molecule has 0 atom stereocenters. The van der Waals surface area contributed by atoms with Crippen LogP contribution in [0, 0.1) is 13.8 Å². The smallest absolute Gasteiger partial charge is 0.343 e. The van der Waals surface area contributed by atoms with Gasteiger partial charge in [0, 0.05) is 22.4 Å². The monoisotopic (exact) mass is 410 g/mol. The number of aryl methyl sites for hydroxylation is 2. The molecule has 3 aromatic carbocycles. The lowest BCUT2D eigenvalue weighted by atomic mass is 10.0. The number of carbonyl (C=O) groups excluding carboxylic acids is 1. The van der Waals surface area contributed by atoms with Crippen molar-refractivity contribution in [2.45, 2.75) is 13.8 Å². The Balaban J connectivity index is 1.65. The summed E-state index contributed by atoms with van der Waals surface area (Å²) in [5, 5.41) is 1.55. The molecule has 0 spiro atoms. The number of esters is 1. The third-order valence-electron chi connectivity index (χ3n) is 5.30. The zero-order chi connectivity index (χ0) is 21.5. The van der Waals surface area contributed by atoms with Crippen molar-refractivity contribution >= 4 is 27.9 Å². The zero-order valence-electron chi connectivity index (χ0n) is 17.0. The lowest BCUT2D eigenvalue weighted by molar-refractivity contribution is 0.0733. The molecule has 0 N–H and O–H groups in total. The minimum absolute atomic E-state index is 0.395. The first-order chi connectivity index (χ1) is 15.0. The van der Waals surface area contributed by atoms with Crippen molar-refractivity contribution in [3.63, 3.8) is 0 Å². The number of ether oxygens (including phenoxy) is 1. The quantitative estimate of drug-likeness (QED) is 0.206. The molecule has 5 rings (SSSR count). The number of carbonyl (C=O) groups is 1. The standard InChI is InChI=1S/C26H18O5/c1-15-7-3-5-9-18(15)26(28)31-22-13-19-20(14-25(27)30-23(19)11-16(22)2)24-12-17-8-4-6-10-21(17)29-24/h3-14H,1-2H3. The van der Waals surface area contributed by atoms with E-state index in [9.17, 15) is 9.59 Å². The Morgan fingerprint density at radius 3 is 2.39 bits per heavy atom. The van der Waals surface area contributed by atoms with Gasteiger partial charge in [0.2, 0.25) is 0 Å². The molecule has 31 heavy (non-hydrogen) atoms. The largest absolute Gasteiger partial charge is 0.456 e. The highest BCUT2D eigenvalue weighted by atomic mass is 16.5. The van der Waals surface area contributed by atoms with E-state index in [1.54, 1.807) is 31.2 Å². The molecule has 0 amide bonds. The van der Waals surface area contributed by atoms with Gasteiger partial charge in [0.05, 0.1) is 5.56 Å². The van der Waals surface area contributed by atoms with Crippen LogP contribution in [0.15, 0.2) is 86.4 Å². The van der Waals surface area contributed by atoms with Gasteiger partial charge < -0.3 is 13.6 Å². The van der Waals surface area contributed by atoms with E-state index >= 15 is 0 Å². The van der Waals surface area contributed by atoms with Gasteiger partial charge in [-0.15, -0.1) is 0 Å². The molecular formula is C26H18O5. The third kappa shape index (κ3) is 3.40. The third-order valence-corrected chi connectivity index (χ3v) is 5.30. The van der Waals surface area contributed by atoms with E-state index in [4.69, 9.17) is 13.6 Å². The Hall–Kier alpha value is -4.12. The summed E-state index contributed by atoms with van der Waals surface area (Å²) in [5.41, 5.74) is 3.23. The van der Waals surface area contributed by atoms with E-state index in [0.717, 1.165) is 16.5 Å². The lowest BCUT2D eigenvalue weighted by Crippen LogP contribution is -2.11. The second-order valence-electron chi connectivity index (χ2n) is 7.45. The van der Waals surface area contributed by atoms with Crippen molar-refractivity contribution in [1.29, 1.82) is 0 Å². The average molecular weight is 410 g/mol. The number of para-hydroxylation sites is 1. The summed E-state index contributed by atoms with van der Waals surface area (Å²) in [5.74, 6) is 0.495. The summed E-state index contributed by atoms with van der Waals surface area (Å²) in [4.78, 5) is 24.9. The van der Waals surface area contributed by atoms with E-state index in [2.05, 4.69) is 0 Å². The lowest BCUT2D eigenvalue weighted by Gasteiger charge is -2.11. The fourth-order valence-electron chi connectivity index (χ4n) is 3.68. The van der Waals surface area contributed by atoms with Gasteiger partial charge in [-0.3, -0.25) is 0 Å². The number of hydrogen-bond acceptors (Lipinski definition) is 5. The van der Waals surface area contributed by atoms with Crippen molar-refractivity contribution < 1.29 is 18.4 Å². The maximum absolute atomic E-state index is 12.7. The number of benzene rings is 3. The predicted octanol–water partition coefficient (Wildman–Crippen LogP) is 6.04. The van der Waals surface area contributed by atoms with Crippen LogP contribution < -0.4 is 10.4 Å². The average Bonchev–Trinajstić information content (AvgIpc) is 3.18. The van der Waals surface area contributed by atoms with E-state index in [0.29, 0.717) is 39.2 Å². The molecule has 0 aliphatic rings. The summed E-state index contributed by atoms with van der Waals surface area (Å²) in [6.07, 6.45) is 0. The normalized spacial score (nSPS) is 11.2. The Labute approximate surface area is 177 Å². The van der Waals surface area contributed by atoms with Crippen molar-refractivity contribution in [3.05, 3.63) is 99.9 Å². The van der Waals surface area contributed by atoms with Crippen LogP contribution in [0.5, 0.6) is 5.75 Å². The maximum Gasteiger partial charge on any atom is 0.343 e. The number of hydrogen-bond donors (Lipinski definition) is 0. The summed E-state index contributed by atoms with van der Waals surface area (Å²) in [7, 11) is 0. The molecule has 0 fully saturated rings. The highest BCUT2D eigenvalue weighted by molar-refractivity contribution is 5.97. The van der Waals surface area contributed by atoms with Crippen LogP contribution in [-0.2, 0) is 0 Å². The molecular weight excluding hydrogens is 392 g/mol. The van der Waals surface area contributed by atoms with Crippen molar-refractivity contribution in [2.24, 2.45) is 0 Å². The fourth-order valence-corrected chi connectivity index (χ4v) is 3.68. The highest BCUT2D eigenvalue weighted by Crippen LogP contribution is 2.35. The van der Waals surface area contributed by atoms with Gasteiger partial charge in [-0.2, -0.15) is 0 Å². The topological polar surface area (TPSA) is 69.7 Å². The molecule has 2 heterocycles. The van der Waals surface area contributed by atoms with Gasteiger partial charge >= 0.3 is 11.6 Å². The minimum atomic E-state index is -0.480. The first-order valence-electron chi connectivity index (χ1n) is 9.85. The Kier molecular flexibility index (Phi) is 4.44. The van der Waals surface area contributed by atoms with E-state index in [-0.39, 0.29) is 0 Å². The second kappa shape index (κ2) is 7.29. The number of fused-ring (bicyclic) bond motifs is 2. The van der Waals surface area contributed by atoms with E-state index in [1.807, 2.05) is 49.4 Å². The van der Waals surface area contributed by atoms with Crippen LogP contribution in [0.2, 0.25) is 0 Å². The van der Waals surface area contributed by atoms with Crippen LogP contribution in [0.1, 0.15) is 21.5 Å². The summed E-state index contributed by atoms with van der Waals surface area (Å²) < 4.78 is 17.1. The molecule has 0 unspecified atom stereocenters. The number of rotatable bonds is 3. The van der Waals surface area contributed by atoms with Gasteiger partial charge in [-0.25, -0.2) is 9.59 Å². The molecule has 5 nitrogen and oxygen atoms in total.